The summed E-state index contributed by atoms with van der Waals surface area (Å²) in [5.74, 6) is 1.37. The van der Waals surface area contributed by atoms with Gasteiger partial charge in [0, 0.05) is 6.54 Å². The number of nitrogen functional groups attached to an aromatic ring is 1. The molecule has 25 heavy (non-hydrogen) atoms. The average Bonchev–Trinajstić information content (AvgIpc) is 2.66. The molecule has 1 unspecified atom stereocenters. The molecule has 1 aliphatic carbocycles. The smallest absolute Gasteiger partial charge is 0.155 e. The first-order valence-electron chi connectivity index (χ1n) is 9.08. The van der Waals surface area contributed by atoms with E-state index in [-0.39, 0.29) is 6.04 Å². The van der Waals surface area contributed by atoms with E-state index in [2.05, 4.69) is 45.7 Å². The molecule has 1 atom stereocenters. The van der Waals surface area contributed by atoms with E-state index in [0.29, 0.717) is 17.3 Å². The van der Waals surface area contributed by atoms with Gasteiger partial charge >= 0.3 is 0 Å². The van der Waals surface area contributed by atoms with Crippen molar-refractivity contribution in [3.05, 3.63) is 53.9 Å². The van der Waals surface area contributed by atoms with Crippen LogP contribution in [0.3, 0.4) is 0 Å². The van der Waals surface area contributed by atoms with Crippen LogP contribution in [0.25, 0.3) is 0 Å². The van der Waals surface area contributed by atoms with Crippen molar-refractivity contribution < 1.29 is 0 Å². The third-order valence-corrected chi connectivity index (χ3v) is 4.66. The Morgan fingerprint density at radius 1 is 1.12 bits per heavy atom. The maximum atomic E-state index is 6.26. The highest BCUT2D eigenvalue weighted by molar-refractivity contribution is 5.74. The SMILES string of the molecule is CC(Nc1ncnc(NCCC2=CCCCC2)c1N)c1ccccc1. The molecule has 1 heterocycles. The maximum Gasteiger partial charge on any atom is 0.155 e. The number of nitrogens with zero attached hydrogens (tertiary/aromatic N) is 2. The average molecular weight is 337 g/mol. The molecular weight excluding hydrogens is 310 g/mol. The number of nitrogens with one attached hydrogen (secondary N) is 2. The lowest BCUT2D eigenvalue weighted by molar-refractivity contribution is 0.679. The van der Waals surface area contributed by atoms with Crippen LogP contribution in [0.2, 0.25) is 0 Å². The number of nitrogens with two attached hydrogens (primary N) is 1. The summed E-state index contributed by atoms with van der Waals surface area (Å²) in [5, 5.41) is 6.74. The fourth-order valence-corrected chi connectivity index (χ4v) is 3.15. The first-order valence-corrected chi connectivity index (χ1v) is 9.08. The number of rotatable bonds is 7. The van der Waals surface area contributed by atoms with Crippen molar-refractivity contribution in [2.24, 2.45) is 0 Å². The number of anilines is 3. The second-order valence-corrected chi connectivity index (χ2v) is 6.55. The van der Waals surface area contributed by atoms with Crippen molar-refractivity contribution in [3.8, 4) is 0 Å². The standard InChI is InChI=1S/C20H27N5/c1-15(17-10-6-3-7-11-17)25-20-18(21)19(23-14-24-20)22-13-12-16-8-4-2-5-9-16/h3,6-8,10-11,14-15H,2,4-5,9,12-13,21H2,1H3,(H2,22,23,24,25). The van der Waals surface area contributed by atoms with Gasteiger partial charge in [0.25, 0.3) is 0 Å². The van der Waals surface area contributed by atoms with Crippen molar-refractivity contribution >= 4 is 17.3 Å². The molecule has 0 fully saturated rings. The number of aromatic nitrogens is 2. The van der Waals surface area contributed by atoms with Gasteiger partial charge in [-0.05, 0) is 44.6 Å². The van der Waals surface area contributed by atoms with E-state index in [1.165, 1.54) is 31.2 Å². The third-order valence-electron chi connectivity index (χ3n) is 4.66. The second-order valence-electron chi connectivity index (χ2n) is 6.55. The van der Waals surface area contributed by atoms with Gasteiger partial charge in [0.1, 0.15) is 12.0 Å². The minimum atomic E-state index is 0.124. The molecule has 0 saturated carbocycles. The number of allylic oxidation sites excluding steroid dienone is 1. The monoisotopic (exact) mass is 337 g/mol. The van der Waals surface area contributed by atoms with Gasteiger partial charge in [-0.3, -0.25) is 0 Å². The Bertz CT molecular complexity index is 711. The molecule has 5 heteroatoms. The van der Waals surface area contributed by atoms with Crippen LogP contribution in [-0.4, -0.2) is 16.5 Å². The van der Waals surface area contributed by atoms with E-state index < -0.39 is 0 Å². The Labute approximate surface area is 149 Å². The molecule has 1 aliphatic rings. The highest BCUT2D eigenvalue weighted by Gasteiger charge is 2.12. The molecule has 0 saturated heterocycles. The molecule has 3 rings (SSSR count). The molecule has 1 aromatic heterocycles. The summed E-state index contributed by atoms with van der Waals surface area (Å²) in [6.07, 6.45) is 10.1. The van der Waals surface area contributed by atoms with Gasteiger partial charge in [-0.15, -0.1) is 0 Å². The van der Waals surface area contributed by atoms with Crippen LogP contribution in [0.5, 0.6) is 0 Å². The lowest BCUT2D eigenvalue weighted by atomic mass is 9.97. The fourth-order valence-electron chi connectivity index (χ4n) is 3.15. The van der Waals surface area contributed by atoms with Crippen molar-refractivity contribution in [2.75, 3.05) is 22.9 Å². The van der Waals surface area contributed by atoms with Crippen LogP contribution in [0, 0.1) is 0 Å². The Kier molecular flexibility index (Phi) is 5.88. The van der Waals surface area contributed by atoms with E-state index in [1.54, 1.807) is 11.9 Å². The molecule has 1 aromatic carbocycles. The van der Waals surface area contributed by atoms with E-state index in [0.717, 1.165) is 13.0 Å². The predicted molar refractivity (Wildman–Crippen MR) is 105 cm³/mol. The summed E-state index contributed by atoms with van der Waals surface area (Å²) in [6, 6.07) is 10.4. The predicted octanol–water partition coefficient (Wildman–Crippen LogP) is 4.53. The van der Waals surface area contributed by atoms with Crippen LogP contribution in [0.15, 0.2) is 48.3 Å². The Morgan fingerprint density at radius 2 is 1.92 bits per heavy atom. The fraction of sp³-hybridized carbons (Fsp3) is 0.400. The summed E-state index contributed by atoms with van der Waals surface area (Å²) in [6.45, 7) is 2.94. The zero-order chi connectivity index (χ0) is 17.5. The zero-order valence-corrected chi connectivity index (χ0v) is 14.8. The molecule has 0 aliphatic heterocycles. The van der Waals surface area contributed by atoms with E-state index >= 15 is 0 Å². The highest BCUT2D eigenvalue weighted by Crippen LogP contribution is 2.27. The van der Waals surface area contributed by atoms with Gasteiger partial charge in [-0.25, -0.2) is 9.97 Å². The minimum Gasteiger partial charge on any atom is -0.393 e. The van der Waals surface area contributed by atoms with Crippen molar-refractivity contribution in [3.63, 3.8) is 0 Å². The molecule has 4 N–H and O–H groups in total. The summed E-state index contributed by atoms with van der Waals surface area (Å²) in [5.41, 5.74) is 9.57. The van der Waals surface area contributed by atoms with Gasteiger partial charge in [0.05, 0.1) is 6.04 Å². The van der Waals surface area contributed by atoms with Gasteiger partial charge in [0.15, 0.2) is 11.6 Å². The van der Waals surface area contributed by atoms with Gasteiger partial charge in [0.2, 0.25) is 0 Å². The zero-order valence-electron chi connectivity index (χ0n) is 14.8. The molecule has 0 spiro atoms. The quantitative estimate of drug-likeness (QED) is 0.647. The van der Waals surface area contributed by atoms with Crippen LogP contribution >= 0.6 is 0 Å². The maximum absolute atomic E-state index is 6.26. The molecule has 132 valence electrons. The topological polar surface area (TPSA) is 75.9 Å². The summed E-state index contributed by atoms with van der Waals surface area (Å²) >= 11 is 0. The summed E-state index contributed by atoms with van der Waals surface area (Å²) in [4.78, 5) is 8.60. The van der Waals surface area contributed by atoms with Crippen molar-refractivity contribution in [1.82, 2.24) is 9.97 Å². The van der Waals surface area contributed by atoms with Crippen LogP contribution in [0.1, 0.15) is 50.6 Å². The molecular formula is C20H27N5. The molecule has 2 aromatic rings. The van der Waals surface area contributed by atoms with Gasteiger partial charge < -0.3 is 16.4 Å². The third kappa shape index (κ3) is 4.72. The van der Waals surface area contributed by atoms with Crippen LogP contribution < -0.4 is 16.4 Å². The van der Waals surface area contributed by atoms with Gasteiger partial charge in [-0.2, -0.15) is 0 Å². The van der Waals surface area contributed by atoms with Crippen LogP contribution in [-0.2, 0) is 0 Å². The Morgan fingerprint density at radius 3 is 2.68 bits per heavy atom. The second kappa shape index (κ2) is 8.51. The van der Waals surface area contributed by atoms with Crippen molar-refractivity contribution in [2.45, 2.75) is 45.1 Å². The van der Waals surface area contributed by atoms with Crippen LogP contribution in [0.4, 0.5) is 17.3 Å². The minimum absolute atomic E-state index is 0.124. The molecule has 5 nitrogen and oxygen atoms in total. The molecule has 0 bridgehead atoms. The Balaban J connectivity index is 1.60. The number of hydrogen-bond donors (Lipinski definition) is 3. The normalized spacial score (nSPS) is 15.3. The first kappa shape index (κ1) is 17.3. The largest absolute Gasteiger partial charge is 0.393 e. The summed E-state index contributed by atoms with van der Waals surface area (Å²) < 4.78 is 0. The van der Waals surface area contributed by atoms with E-state index in [1.807, 2.05) is 18.2 Å². The Hall–Kier alpha value is -2.56. The lowest BCUT2D eigenvalue weighted by Crippen LogP contribution is -2.13. The van der Waals surface area contributed by atoms with Gasteiger partial charge in [-0.1, -0.05) is 42.0 Å². The van der Waals surface area contributed by atoms with E-state index in [4.69, 9.17) is 5.73 Å². The van der Waals surface area contributed by atoms with Crippen molar-refractivity contribution in [1.29, 1.82) is 0 Å². The first-order chi connectivity index (χ1) is 12.2. The molecule has 0 radical (unpaired) electrons. The van der Waals surface area contributed by atoms with E-state index in [9.17, 15) is 0 Å². The highest BCUT2D eigenvalue weighted by atomic mass is 15.1. The molecule has 0 amide bonds. The lowest BCUT2D eigenvalue weighted by Gasteiger charge is -2.18. The number of benzene rings is 1. The number of hydrogen-bond acceptors (Lipinski definition) is 5. The summed E-state index contributed by atoms with van der Waals surface area (Å²) in [7, 11) is 0.